The van der Waals surface area contributed by atoms with Crippen molar-refractivity contribution in [3.63, 3.8) is 0 Å². The van der Waals surface area contributed by atoms with Crippen molar-refractivity contribution in [2.75, 3.05) is 7.05 Å². The Bertz CT molecular complexity index is 992. The second-order valence-corrected chi connectivity index (χ2v) is 6.08. The summed E-state index contributed by atoms with van der Waals surface area (Å²) in [6.07, 6.45) is 3.36. The maximum absolute atomic E-state index is 12.2. The van der Waals surface area contributed by atoms with Crippen molar-refractivity contribution in [1.29, 1.82) is 0 Å². The Morgan fingerprint density at radius 3 is 2.46 bits per heavy atom. The minimum absolute atomic E-state index is 0.222. The minimum atomic E-state index is -0.588. The summed E-state index contributed by atoms with van der Waals surface area (Å²) in [7, 11) is 1.58. The first-order valence-corrected chi connectivity index (χ1v) is 8.68. The molecule has 0 fully saturated rings. The molecule has 0 bridgehead atoms. The van der Waals surface area contributed by atoms with Gasteiger partial charge in [-0.2, -0.15) is 0 Å². The molecule has 2 aromatic carbocycles. The Morgan fingerprint density at radius 1 is 1.11 bits per heavy atom. The first-order chi connectivity index (χ1) is 13.6. The zero-order valence-corrected chi connectivity index (χ0v) is 15.3. The summed E-state index contributed by atoms with van der Waals surface area (Å²) in [5.41, 5.74) is 5.28. The number of aromatic nitrogens is 2. The number of nitrogens with one attached hydrogen (secondary N) is 3. The van der Waals surface area contributed by atoms with Gasteiger partial charge in [0.25, 0.3) is 11.8 Å². The molecule has 0 aliphatic heterocycles. The average Bonchev–Trinajstić information content (AvgIpc) is 3.16. The minimum Gasteiger partial charge on any atom is -0.354 e. The Balaban J connectivity index is 1.83. The SMILES string of the molecule is CNC(=O)c1[nH]c(Cc2ccc(/C=C/C(=O)NO)cc2)nc1-c1ccccc1. The molecule has 0 atom stereocenters. The van der Waals surface area contributed by atoms with E-state index >= 15 is 0 Å². The van der Waals surface area contributed by atoms with Gasteiger partial charge in [-0.05, 0) is 17.2 Å². The van der Waals surface area contributed by atoms with Crippen molar-refractivity contribution in [1.82, 2.24) is 20.8 Å². The summed E-state index contributed by atoms with van der Waals surface area (Å²) < 4.78 is 0. The lowest BCUT2D eigenvalue weighted by Crippen LogP contribution is -2.19. The molecular formula is C21H20N4O3. The number of H-pyrrole nitrogens is 1. The van der Waals surface area contributed by atoms with E-state index in [1.54, 1.807) is 18.6 Å². The summed E-state index contributed by atoms with van der Waals surface area (Å²) in [5, 5.41) is 11.1. The molecule has 3 aromatic rings. The lowest BCUT2D eigenvalue weighted by molar-refractivity contribution is -0.124. The molecule has 0 aliphatic carbocycles. The Morgan fingerprint density at radius 2 is 1.82 bits per heavy atom. The molecule has 0 aliphatic rings. The summed E-state index contributed by atoms with van der Waals surface area (Å²) in [6, 6.07) is 17.1. The number of hydrogen-bond acceptors (Lipinski definition) is 4. The number of rotatable bonds is 6. The molecule has 7 heteroatoms. The third-order valence-electron chi connectivity index (χ3n) is 4.14. The van der Waals surface area contributed by atoms with Crippen LogP contribution in [0.4, 0.5) is 0 Å². The number of carbonyl (C=O) groups is 2. The van der Waals surface area contributed by atoms with E-state index in [-0.39, 0.29) is 5.91 Å². The molecule has 1 aromatic heterocycles. The van der Waals surface area contributed by atoms with Crippen LogP contribution in [0.5, 0.6) is 0 Å². The van der Waals surface area contributed by atoms with Crippen LogP contribution >= 0.6 is 0 Å². The maximum atomic E-state index is 12.2. The van der Waals surface area contributed by atoms with Crippen LogP contribution in [0.3, 0.4) is 0 Å². The highest BCUT2D eigenvalue weighted by Gasteiger charge is 2.17. The van der Waals surface area contributed by atoms with Gasteiger partial charge in [-0.25, -0.2) is 10.5 Å². The summed E-state index contributed by atoms with van der Waals surface area (Å²) in [4.78, 5) is 31.0. The smallest absolute Gasteiger partial charge is 0.269 e. The maximum Gasteiger partial charge on any atom is 0.269 e. The van der Waals surface area contributed by atoms with E-state index in [2.05, 4.69) is 15.3 Å². The van der Waals surface area contributed by atoms with Crippen molar-refractivity contribution in [3.05, 3.63) is 83.3 Å². The molecular weight excluding hydrogens is 356 g/mol. The number of amides is 2. The summed E-state index contributed by atoms with van der Waals surface area (Å²) in [6.45, 7) is 0. The lowest BCUT2D eigenvalue weighted by Gasteiger charge is -2.00. The number of carbonyl (C=O) groups excluding carboxylic acids is 2. The molecule has 0 saturated heterocycles. The number of hydrogen-bond donors (Lipinski definition) is 4. The highest BCUT2D eigenvalue weighted by molar-refractivity contribution is 5.98. The van der Waals surface area contributed by atoms with Crippen molar-refractivity contribution in [2.24, 2.45) is 0 Å². The van der Waals surface area contributed by atoms with E-state index in [1.165, 1.54) is 6.08 Å². The molecule has 0 saturated carbocycles. The molecule has 2 amide bonds. The van der Waals surface area contributed by atoms with E-state index in [0.717, 1.165) is 16.7 Å². The van der Waals surface area contributed by atoms with Gasteiger partial charge in [0.2, 0.25) is 0 Å². The van der Waals surface area contributed by atoms with E-state index in [0.29, 0.717) is 23.6 Å². The van der Waals surface area contributed by atoms with Crippen LogP contribution in [-0.4, -0.2) is 34.0 Å². The number of aromatic amines is 1. The first kappa shape index (κ1) is 19.1. The van der Waals surface area contributed by atoms with Gasteiger partial charge in [0.05, 0.1) is 0 Å². The van der Waals surface area contributed by atoms with Crippen molar-refractivity contribution < 1.29 is 14.8 Å². The van der Waals surface area contributed by atoms with E-state index in [1.807, 2.05) is 54.6 Å². The monoisotopic (exact) mass is 376 g/mol. The number of nitrogens with zero attached hydrogens (tertiary/aromatic N) is 1. The van der Waals surface area contributed by atoms with Crippen molar-refractivity contribution in [3.8, 4) is 11.3 Å². The third-order valence-corrected chi connectivity index (χ3v) is 4.14. The van der Waals surface area contributed by atoms with Crippen LogP contribution < -0.4 is 10.8 Å². The topological polar surface area (TPSA) is 107 Å². The standard InChI is InChI=1S/C21H20N4O3/c1-22-21(27)20-19(16-5-3-2-4-6-16)23-17(24-20)13-15-9-7-14(8-10-15)11-12-18(26)25-28/h2-12,28H,13H2,1H3,(H,22,27)(H,23,24)(H,25,26)/b12-11+. The average molecular weight is 376 g/mol. The van der Waals surface area contributed by atoms with Crippen molar-refractivity contribution in [2.45, 2.75) is 6.42 Å². The summed E-state index contributed by atoms with van der Waals surface area (Å²) >= 11 is 0. The molecule has 1 heterocycles. The van der Waals surface area contributed by atoms with Crippen LogP contribution in [0, 0.1) is 0 Å². The number of hydroxylamine groups is 1. The van der Waals surface area contributed by atoms with Gasteiger partial charge < -0.3 is 10.3 Å². The van der Waals surface area contributed by atoms with Crippen LogP contribution in [0.2, 0.25) is 0 Å². The number of imidazole rings is 1. The fourth-order valence-corrected chi connectivity index (χ4v) is 2.75. The fraction of sp³-hybridized carbons (Fsp3) is 0.0952. The van der Waals surface area contributed by atoms with Crippen molar-refractivity contribution >= 4 is 17.9 Å². The Hall–Kier alpha value is -3.71. The van der Waals surface area contributed by atoms with Crippen LogP contribution in [0.25, 0.3) is 17.3 Å². The predicted molar refractivity (Wildman–Crippen MR) is 106 cm³/mol. The molecule has 4 N–H and O–H groups in total. The molecule has 0 spiro atoms. The Kier molecular flexibility index (Phi) is 5.98. The van der Waals surface area contributed by atoms with Crippen LogP contribution in [0.15, 0.2) is 60.7 Å². The highest BCUT2D eigenvalue weighted by Crippen LogP contribution is 2.22. The zero-order chi connectivity index (χ0) is 19.9. The predicted octanol–water partition coefficient (Wildman–Crippen LogP) is 2.55. The zero-order valence-electron chi connectivity index (χ0n) is 15.3. The molecule has 7 nitrogen and oxygen atoms in total. The molecule has 28 heavy (non-hydrogen) atoms. The quantitative estimate of drug-likeness (QED) is 0.301. The third kappa shape index (κ3) is 4.52. The molecule has 0 unspecified atom stereocenters. The van der Waals surface area contributed by atoms with Gasteiger partial charge in [0.15, 0.2) is 0 Å². The van der Waals surface area contributed by atoms with Gasteiger partial charge in [0, 0.05) is 25.1 Å². The van der Waals surface area contributed by atoms with Crippen LogP contribution in [0.1, 0.15) is 27.4 Å². The van der Waals surface area contributed by atoms with E-state index in [4.69, 9.17) is 5.21 Å². The van der Waals surface area contributed by atoms with E-state index in [9.17, 15) is 9.59 Å². The van der Waals surface area contributed by atoms with Gasteiger partial charge in [0.1, 0.15) is 17.2 Å². The summed E-state index contributed by atoms with van der Waals surface area (Å²) in [5.74, 6) is -0.129. The lowest BCUT2D eigenvalue weighted by atomic mass is 10.1. The first-order valence-electron chi connectivity index (χ1n) is 8.68. The highest BCUT2D eigenvalue weighted by atomic mass is 16.5. The van der Waals surface area contributed by atoms with E-state index < -0.39 is 5.91 Å². The second-order valence-electron chi connectivity index (χ2n) is 6.08. The molecule has 3 rings (SSSR count). The van der Waals surface area contributed by atoms with Gasteiger partial charge in [-0.1, -0.05) is 54.6 Å². The van der Waals surface area contributed by atoms with Gasteiger partial charge in [-0.15, -0.1) is 0 Å². The van der Waals surface area contributed by atoms with Crippen LogP contribution in [-0.2, 0) is 11.2 Å². The molecule has 0 radical (unpaired) electrons. The normalized spacial score (nSPS) is 10.8. The van der Waals surface area contributed by atoms with Gasteiger partial charge in [-0.3, -0.25) is 14.8 Å². The number of benzene rings is 2. The second kappa shape index (κ2) is 8.79. The largest absolute Gasteiger partial charge is 0.354 e. The molecule has 142 valence electrons. The van der Waals surface area contributed by atoms with Gasteiger partial charge >= 0.3 is 0 Å². The fourth-order valence-electron chi connectivity index (χ4n) is 2.75. The Labute approximate surface area is 162 Å².